The quantitative estimate of drug-likeness (QED) is 0.0791. The van der Waals surface area contributed by atoms with Crippen molar-refractivity contribution in [2.45, 2.75) is 102 Å². The molecule has 1 saturated carbocycles. The molecule has 4 N–H and O–H groups in total. The maximum Gasteiger partial charge on any atom is 0.294 e. The summed E-state index contributed by atoms with van der Waals surface area (Å²) in [4.78, 5) is 38.7. The lowest BCUT2D eigenvalue weighted by molar-refractivity contribution is -0.757. The molecule has 0 radical (unpaired) electrons. The van der Waals surface area contributed by atoms with E-state index in [1.165, 1.54) is 0 Å². The van der Waals surface area contributed by atoms with Gasteiger partial charge in [0, 0.05) is 31.1 Å². The van der Waals surface area contributed by atoms with Crippen LogP contribution in [-0.4, -0.2) is 63.1 Å². The van der Waals surface area contributed by atoms with Crippen LogP contribution in [0.15, 0.2) is 54.6 Å². The number of allylic oxidation sites excluding steroid dienone is 1. The van der Waals surface area contributed by atoms with E-state index in [4.69, 9.17) is 0 Å². The molecule has 1 fully saturated rings. The number of aliphatic hydroxyl groups is 3. The molecular weight excluding hydrogens is 528 g/mol. The molecule has 1 aromatic carbocycles. The van der Waals surface area contributed by atoms with Crippen LogP contribution in [-0.2, 0) is 20.8 Å². The molecule has 10 nitrogen and oxygen atoms in total. The molecule has 41 heavy (non-hydrogen) atoms. The second-order valence-corrected chi connectivity index (χ2v) is 10.8. The highest BCUT2D eigenvalue weighted by Crippen LogP contribution is 2.35. The van der Waals surface area contributed by atoms with E-state index in [-0.39, 0.29) is 43.0 Å². The number of aliphatic hydroxyl groups excluding tert-OH is 3. The van der Waals surface area contributed by atoms with Gasteiger partial charge in [0.1, 0.15) is 0 Å². The monoisotopic (exact) mass is 574 g/mol. The van der Waals surface area contributed by atoms with Gasteiger partial charge < -0.3 is 25.5 Å². The number of benzene rings is 1. The molecule has 1 amide bonds. The number of ketones is 1. The summed E-state index contributed by atoms with van der Waals surface area (Å²) >= 11 is 0. The van der Waals surface area contributed by atoms with Gasteiger partial charge in [0.25, 0.3) is 5.09 Å². The van der Waals surface area contributed by atoms with Crippen LogP contribution >= 0.6 is 0 Å². The number of nitrogens with one attached hydrogen (secondary N) is 1. The van der Waals surface area contributed by atoms with Crippen molar-refractivity contribution >= 4 is 11.7 Å². The van der Waals surface area contributed by atoms with Crippen molar-refractivity contribution in [3.63, 3.8) is 0 Å². The number of hydrogen-bond acceptors (Lipinski definition) is 8. The fourth-order valence-corrected chi connectivity index (χ4v) is 5.03. The molecule has 2 rings (SSSR count). The number of unbranched alkanes of at least 4 members (excludes halogenated alkanes) is 4. The van der Waals surface area contributed by atoms with Gasteiger partial charge in [-0.1, -0.05) is 61.1 Å². The molecule has 0 saturated heterocycles. The number of hydrogen-bond donors (Lipinski definition) is 4. The average molecular weight is 575 g/mol. The minimum Gasteiger partial charge on any atom is -0.392 e. The molecule has 1 aromatic rings. The van der Waals surface area contributed by atoms with Gasteiger partial charge in [-0.2, -0.15) is 0 Å². The first-order valence-corrected chi connectivity index (χ1v) is 14.7. The van der Waals surface area contributed by atoms with Gasteiger partial charge in [0.05, 0.1) is 31.0 Å². The highest BCUT2D eigenvalue weighted by molar-refractivity contribution is 5.88. The highest BCUT2D eigenvalue weighted by Gasteiger charge is 2.38. The van der Waals surface area contributed by atoms with E-state index in [1.54, 1.807) is 13.0 Å². The Hall–Kier alpha value is -3.08. The Morgan fingerprint density at radius 2 is 1.73 bits per heavy atom. The number of carbonyl (C=O) groups excluding carboxylic acids is 2. The van der Waals surface area contributed by atoms with Crippen LogP contribution in [0.1, 0.15) is 76.7 Å². The van der Waals surface area contributed by atoms with E-state index in [9.17, 15) is 35.0 Å². The summed E-state index contributed by atoms with van der Waals surface area (Å²) in [7, 11) is 0. The standard InChI is InChI=1S/C31H46N2O8/c1-23(32-31(38)16-10-5-11-21-41-33(39)40)28(35)15-9-3-2-8-14-26-27(30(37)22-29(26)36)20-19-25(34)18-17-24-12-6-4-7-13-24/h4,6-8,12-14,19-20,23,25-27,29-30,34,36-37H,2-3,5,9-11,15-18,21-22H2,1H3,(H,32,38)/b14-8-,20-19+/t23?,25-,26+,27+,29-,30+/m0/s1. The Kier molecular flexibility index (Phi) is 15.9. The van der Waals surface area contributed by atoms with Crippen LogP contribution in [0.2, 0.25) is 0 Å². The van der Waals surface area contributed by atoms with Gasteiger partial charge in [-0.25, -0.2) is 0 Å². The number of Topliss-reactive ketones (excluding diaryl/α,β-unsaturated/α-hetero) is 1. The first kappa shape index (κ1) is 34.1. The zero-order valence-corrected chi connectivity index (χ0v) is 24.0. The number of nitrogens with zero attached hydrogens (tertiary/aromatic N) is 1. The third-order valence-corrected chi connectivity index (χ3v) is 7.45. The number of rotatable bonds is 20. The number of aryl methyl sites for hydroxylation is 1. The van der Waals surface area contributed by atoms with Crippen LogP contribution in [0.5, 0.6) is 0 Å². The summed E-state index contributed by atoms with van der Waals surface area (Å²) < 4.78 is 0. The molecule has 1 unspecified atom stereocenters. The van der Waals surface area contributed by atoms with E-state index in [1.807, 2.05) is 48.6 Å². The van der Waals surface area contributed by atoms with Gasteiger partial charge >= 0.3 is 0 Å². The van der Waals surface area contributed by atoms with Crippen molar-refractivity contribution in [1.82, 2.24) is 5.32 Å². The van der Waals surface area contributed by atoms with E-state index in [0.29, 0.717) is 38.5 Å². The molecule has 6 atom stereocenters. The van der Waals surface area contributed by atoms with E-state index in [2.05, 4.69) is 10.2 Å². The average Bonchev–Trinajstić information content (AvgIpc) is 3.21. The van der Waals surface area contributed by atoms with Crippen LogP contribution in [0.3, 0.4) is 0 Å². The first-order valence-electron chi connectivity index (χ1n) is 14.7. The zero-order chi connectivity index (χ0) is 30.0. The van der Waals surface area contributed by atoms with Gasteiger partial charge in [-0.05, 0) is 57.4 Å². The zero-order valence-electron chi connectivity index (χ0n) is 24.0. The fraction of sp³-hybridized carbons (Fsp3) is 0.613. The second-order valence-electron chi connectivity index (χ2n) is 10.8. The molecule has 228 valence electrons. The maximum atomic E-state index is 12.4. The van der Waals surface area contributed by atoms with Crippen molar-refractivity contribution in [2.75, 3.05) is 6.61 Å². The van der Waals surface area contributed by atoms with Crippen molar-refractivity contribution in [1.29, 1.82) is 0 Å². The molecule has 0 aromatic heterocycles. The topological polar surface area (TPSA) is 159 Å². The molecule has 0 heterocycles. The fourth-order valence-electron chi connectivity index (χ4n) is 5.03. The number of carbonyl (C=O) groups is 2. The summed E-state index contributed by atoms with van der Waals surface area (Å²) in [5.74, 6) is -0.756. The van der Waals surface area contributed by atoms with E-state index >= 15 is 0 Å². The van der Waals surface area contributed by atoms with Gasteiger partial charge in [-0.15, -0.1) is 10.1 Å². The van der Waals surface area contributed by atoms with Crippen molar-refractivity contribution < 1.29 is 34.8 Å². The van der Waals surface area contributed by atoms with Gasteiger partial charge in [-0.3, -0.25) is 9.59 Å². The third-order valence-electron chi connectivity index (χ3n) is 7.45. The van der Waals surface area contributed by atoms with Gasteiger partial charge in [0.15, 0.2) is 5.78 Å². The SMILES string of the molecule is CC(NC(=O)CCCCCO[N+](=O)[O-])C(=O)CCCC/C=C\[C@@H]1[C@@H](/C=C/[C@@H](O)CCc2ccccc2)[C@H](O)C[C@@H]1O. The summed E-state index contributed by atoms with van der Waals surface area (Å²) in [6.45, 7) is 1.68. The smallest absolute Gasteiger partial charge is 0.294 e. The largest absolute Gasteiger partial charge is 0.392 e. The Balaban J connectivity index is 1.64. The van der Waals surface area contributed by atoms with Crippen LogP contribution in [0.25, 0.3) is 0 Å². The number of amides is 1. The predicted octanol–water partition coefficient (Wildman–Crippen LogP) is 3.85. The minimum absolute atomic E-state index is 0.0131. The van der Waals surface area contributed by atoms with Crippen LogP contribution in [0.4, 0.5) is 0 Å². The lowest BCUT2D eigenvalue weighted by atomic mass is 9.91. The summed E-state index contributed by atoms with van der Waals surface area (Å²) in [5, 5.41) is 43.2. The van der Waals surface area contributed by atoms with Crippen molar-refractivity contribution in [3.05, 3.63) is 70.3 Å². The lowest BCUT2D eigenvalue weighted by Crippen LogP contribution is -2.38. The highest BCUT2D eigenvalue weighted by atomic mass is 16.9. The predicted molar refractivity (Wildman–Crippen MR) is 155 cm³/mol. The second kappa shape index (κ2) is 19.1. The Morgan fingerprint density at radius 3 is 2.44 bits per heavy atom. The van der Waals surface area contributed by atoms with Crippen LogP contribution < -0.4 is 5.32 Å². The normalized spacial score (nSPS) is 22.1. The summed E-state index contributed by atoms with van der Waals surface area (Å²) in [5.41, 5.74) is 1.16. The Bertz CT molecular complexity index is 984. The van der Waals surface area contributed by atoms with E-state index < -0.39 is 29.4 Å². The molecular formula is C31H46N2O8. The van der Waals surface area contributed by atoms with E-state index in [0.717, 1.165) is 24.8 Å². The third kappa shape index (κ3) is 13.9. The Morgan fingerprint density at radius 1 is 1.05 bits per heavy atom. The summed E-state index contributed by atoms with van der Waals surface area (Å²) in [6, 6.07) is 9.38. The minimum atomic E-state index is -0.835. The van der Waals surface area contributed by atoms with Crippen LogP contribution in [0, 0.1) is 22.0 Å². The van der Waals surface area contributed by atoms with Crippen molar-refractivity contribution in [2.24, 2.45) is 11.8 Å². The molecule has 10 heteroatoms. The molecule has 0 bridgehead atoms. The first-order chi connectivity index (χ1) is 19.7. The Labute approximate surface area is 242 Å². The maximum absolute atomic E-state index is 12.4. The van der Waals surface area contributed by atoms with Crippen molar-refractivity contribution in [3.8, 4) is 0 Å². The lowest BCUT2D eigenvalue weighted by Gasteiger charge is -2.18. The summed E-state index contributed by atoms with van der Waals surface area (Å²) in [6.07, 6.45) is 11.6. The molecule has 0 spiro atoms. The molecule has 1 aliphatic rings. The molecule has 1 aliphatic carbocycles. The van der Waals surface area contributed by atoms with Gasteiger partial charge in [0.2, 0.25) is 5.91 Å². The molecule has 0 aliphatic heterocycles.